The quantitative estimate of drug-likeness (QED) is 0.257. The molecular formula is C22H16Cl2N6O2. The smallest absolute Gasteiger partial charge is 0.334 e. The summed E-state index contributed by atoms with van der Waals surface area (Å²) in [6, 6.07) is 19.7. The molecule has 8 nitrogen and oxygen atoms in total. The Bertz CT molecular complexity index is 1240. The monoisotopic (exact) mass is 466 g/mol. The van der Waals surface area contributed by atoms with Gasteiger partial charge in [0.05, 0.1) is 21.5 Å². The van der Waals surface area contributed by atoms with Gasteiger partial charge < -0.3 is 10.2 Å². The number of nitrogens with zero attached hydrogens (tertiary/aromatic N) is 5. The molecule has 0 atom stereocenters. The number of nitro groups is 1. The van der Waals surface area contributed by atoms with Gasteiger partial charge in [-0.25, -0.2) is 15.0 Å². The van der Waals surface area contributed by atoms with E-state index in [1.54, 1.807) is 41.4 Å². The number of pyridine rings is 1. The van der Waals surface area contributed by atoms with E-state index in [-0.39, 0.29) is 17.3 Å². The number of hydrogen-bond acceptors (Lipinski definition) is 7. The van der Waals surface area contributed by atoms with Gasteiger partial charge in [0, 0.05) is 11.9 Å². The Labute approximate surface area is 193 Å². The van der Waals surface area contributed by atoms with Crippen molar-refractivity contribution in [1.29, 1.82) is 0 Å². The van der Waals surface area contributed by atoms with Crippen molar-refractivity contribution in [2.24, 2.45) is 0 Å². The van der Waals surface area contributed by atoms with Crippen molar-refractivity contribution in [3.63, 3.8) is 0 Å². The molecule has 2 aromatic carbocycles. The predicted molar refractivity (Wildman–Crippen MR) is 125 cm³/mol. The summed E-state index contributed by atoms with van der Waals surface area (Å²) in [5.41, 5.74) is 1.14. The molecule has 4 rings (SSSR count). The standard InChI is InChI=1S/C22H16Cl2N6O2/c23-17-10-9-16(12-18(17)24)28-21-20(30(31)32)22(27-14-26-21)29(19-8-4-5-11-25-19)13-15-6-2-1-3-7-15/h1-12,14H,13H2,(H,26,27,28). The maximum absolute atomic E-state index is 12.1. The van der Waals surface area contributed by atoms with E-state index < -0.39 is 4.92 Å². The molecule has 0 aliphatic heterocycles. The first kappa shape index (κ1) is 21.5. The first-order valence-corrected chi connectivity index (χ1v) is 10.2. The molecule has 0 saturated heterocycles. The van der Waals surface area contributed by atoms with E-state index in [9.17, 15) is 10.1 Å². The minimum Gasteiger partial charge on any atom is -0.334 e. The van der Waals surface area contributed by atoms with Crippen LogP contribution in [0.2, 0.25) is 10.0 Å². The van der Waals surface area contributed by atoms with Crippen LogP contribution < -0.4 is 10.2 Å². The van der Waals surface area contributed by atoms with Crippen LogP contribution in [0.25, 0.3) is 0 Å². The third-order valence-electron chi connectivity index (χ3n) is 4.53. The molecule has 1 N–H and O–H groups in total. The summed E-state index contributed by atoms with van der Waals surface area (Å²) in [5, 5.41) is 15.8. The zero-order valence-electron chi connectivity index (χ0n) is 16.5. The maximum atomic E-state index is 12.1. The molecule has 0 spiro atoms. The second-order valence-corrected chi connectivity index (χ2v) is 7.48. The van der Waals surface area contributed by atoms with Gasteiger partial charge in [-0.2, -0.15) is 0 Å². The van der Waals surface area contributed by atoms with Crippen LogP contribution in [-0.4, -0.2) is 19.9 Å². The van der Waals surface area contributed by atoms with Crippen molar-refractivity contribution in [3.05, 3.63) is 105 Å². The van der Waals surface area contributed by atoms with Gasteiger partial charge >= 0.3 is 5.69 Å². The first-order chi connectivity index (χ1) is 15.5. The Morgan fingerprint density at radius 3 is 2.41 bits per heavy atom. The Balaban J connectivity index is 1.81. The van der Waals surface area contributed by atoms with Crippen LogP contribution in [0.3, 0.4) is 0 Å². The van der Waals surface area contributed by atoms with Gasteiger partial charge in [-0.3, -0.25) is 10.1 Å². The van der Waals surface area contributed by atoms with E-state index in [0.29, 0.717) is 28.1 Å². The van der Waals surface area contributed by atoms with Crippen LogP contribution in [0.5, 0.6) is 0 Å². The van der Waals surface area contributed by atoms with Crippen LogP contribution in [0, 0.1) is 10.1 Å². The normalized spacial score (nSPS) is 10.6. The molecule has 0 aliphatic rings. The molecule has 0 bridgehead atoms. The zero-order valence-corrected chi connectivity index (χ0v) is 18.0. The Morgan fingerprint density at radius 2 is 1.72 bits per heavy atom. The molecule has 32 heavy (non-hydrogen) atoms. The topological polar surface area (TPSA) is 97.1 Å². The highest BCUT2D eigenvalue weighted by Crippen LogP contribution is 2.38. The lowest BCUT2D eigenvalue weighted by atomic mass is 10.2. The van der Waals surface area contributed by atoms with Crippen LogP contribution in [-0.2, 0) is 6.54 Å². The molecule has 0 aliphatic carbocycles. The third-order valence-corrected chi connectivity index (χ3v) is 5.27. The zero-order chi connectivity index (χ0) is 22.5. The number of anilines is 4. The van der Waals surface area contributed by atoms with E-state index in [0.717, 1.165) is 5.56 Å². The molecule has 0 amide bonds. The summed E-state index contributed by atoms with van der Waals surface area (Å²) >= 11 is 12.0. The van der Waals surface area contributed by atoms with Crippen molar-refractivity contribution < 1.29 is 4.92 Å². The summed E-state index contributed by atoms with van der Waals surface area (Å²) in [6.45, 7) is 0.321. The van der Waals surface area contributed by atoms with Crippen LogP contribution >= 0.6 is 23.2 Å². The number of hydrogen-bond donors (Lipinski definition) is 1. The second-order valence-electron chi connectivity index (χ2n) is 6.67. The van der Waals surface area contributed by atoms with E-state index in [2.05, 4.69) is 20.3 Å². The lowest BCUT2D eigenvalue weighted by Crippen LogP contribution is -2.21. The van der Waals surface area contributed by atoms with E-state index in [1.165, 1.54) is 6.33 Å². The summed E-state index contributed by atoms with van der Waals surface area (Å²) in [7, 11) is 0. The average molecular weight is 467 g/mol. The van der Waals surface area contributed by atoms with E-state index in [1.807, 2.05) is 36.4 Å². The van der Waals surface area contributed by atoms with Crippen molar-refractivity contribution in [3.8, 4) is 0 Å². The van der Waals surface area contributed by atoms with Gasteiger partial charge in [0.15, 0.2) is 0 Å². The third kappa shape index (κ3) is 4.77. The fourth-order valence-corrected chi connectivity index (χ4v) is 3.38. The van der Waals surface area contributed by atoms with Crippen LogP contribution in [0.1, 0.15) is 5.56 Å². The SMILES string of the molecule is O=[N+]([O-])c1c(Nc2ccc(Cl)c(Cl)c2)ncnc1N(Cc1ccccc1)c1ccccn1. The van der Waals surface area contributed by atoms with Gasteiger partial charge in [0.25, 0.3) is 0 Å². The maximum Gasteiger partial charge on any atom is 0.354 e. The van der Waals surface area contributed by atoms with Gasteiger partial charge in [-0.1, -0.05) is 59.6 Å². The molecule has 0 unspecified atom stereocenters. The number of halogens is 2. The Kier molecular flexibility index (Phi) is 6.44. The lowest BCUT2D eigenvalue weighted by molar-refractivity contribution is -0.383. The lowest BCUT2D eigenvalue weighted by Gasteiger charge is -2.23. The summed E-state index contributed by atoms with van der Waals surface area (Å²) in [5.74, 6) is 0.640. The van der Waals surface area contributed by atoms with E-state index in [4.69, 9.17) is 23.2 Å². The molecular weight excluding hydrogens is 451 g/mol. The Morgan fingerprint density at radius 1 is 0.938 bits per heavy atom. The predicted octanol–water partition coefficient (Wildman–Crippen LogP) is 6.17. The molecule has 10 heteroatoms. The highest BCUT2D eigenvalue weighted by molar-refractivity contribution is 6.42. The molecule has 2 aromatic heterocycles. The summed E-state index contributed by atoms with van der Waals surface area (Å²) in [6.07, 6.45) is 2.89. The van der Waals surface area contributed by atoms with Gasteiger partial charge in [-0.05, 0) is 35.9 Å². The average Bonchev–Trinajstić information content (AvgIpc) is 2.81. The first-order valence-electron chi connectivity index (χ1n) is 9.47. The van der Waals surface area contributed by atoms with Crippen LogP contribution in [0.4, 0.5) is 28.8 Å². The Hall–Kier alpha value is -3.75. The summed E-state index contributed by atoms with van der Waals surface area (Å²) in [4.78, 5) is 26.0. The molecule has 0 radical (unpaired) electrons. The minimum absolute atomic E-state index is 0.0207. The fourth-order valence-electron chi connectivity index (χ4n) is 3.08. The summed E-state index contributed by atoms with van der Waals surface area (Å²) < 4.78 is 0. The highest BCUT2D eigenvalue weighted by Gasteiger charge is 2.29. The van der Waals surface area contributed by atoms with Crippen molar-refractivity contribution >= 4 is 52.0 Å². The largest absolute Gasteiger partial charge is 0.354 e. The number of nitrogens with one attached hydrogen (secondary N) is 1. The number of benzene rings is 2. The van der Waals surface area contributed by atoms with Crippen LogP contribution in [0.15, 0.2) is 79.3 Å². The highest BCUT2D eigenvalue weighted by atomic mass is 35.5. The van der Waals surface area contributed by atoms with Crippen molar-refractivity contribution in [2.45, 2.75) is 6.54 Å². The second kappa shape index (κ2) is 9.59. The van der Waals surface area contributed by atoms with Crippen molar-refractivity contribution in [1.82, 2.24) is 15.0 Å². The van der Waals surface area contributed by atoms with Crippen molar-refractivity contribution in [2.75, 3.05) is 10.2 Å². The molecule has 4 aromatic rings. The minimum atomic E-state index is -0.518. The molecule has 0 fully saturated rings. The van der Waals surface area contributed by atoms with Gasteiger partial charge in [-0.15, -0.1) is 0 Å². The fraction of sp³-hybridized carbons (Fsp3) is 0.0455. The van der Waals surface area contributed by atoms with Gasteiger partial charge in [0.1, 0.15) is 12.1 Å². The molecule has 2 heterocycles. The molecule has 0 saturated carbocycles. The molecule has 160 valence electrons. The number of aromatic nitrogens is 3. The van der Waals surface area contributed by atoms with Gasteiger partial charge in [0.2, 0.25) is 11.6 Å². The van der Waals surface area contributed by atoms with E-state index >= 15 is 0 Å². The number of rotatable bonds is 7.